The Balaban J connectivity index is 2.28. The Kier molecular flexibility index (Phi) is 7.77. The molecule has 1 heterocycles. The number of aliphatic hydroxyl groups excluding tert-OH is 1. The molecule has 33 heavy (non-hydrogen) atoms. The van der Waals surface area contributed by atoms with Crippen LogP contribution in [0.25, 0.3) is 0 Å². The third kappa shape index (κ3) is 5.37. The molecule has 3 rings (SSSR count). The summed E-state index contributed by atoms with van der Waals surface area (Å²) in [4.78, 5) is 27.6. The van der Waals surface area contributed by atoms with Crippen molar-refractivity contribution in [3.63, 3.8) is 0 Å². The fraction of sp³-hybridized carbons (Fsp3) is 0.462. The molecule has 0 aliphatic carbocycles. The van der Waals surface area contributed by atoms with Crippen LogP contribution in [0.1, 0.15) is 63.6 Å². The first kappa shape index (κ1) is 25.5. The van der Waals surface area contributed by atoms with E-state index in [1.807, 2.05) is 44.2 Å². The van der Waals surface area contributed by atoms with Gasteiger partial charge in [0, 0.05) is 16.0 Å². The highest BCUT2D eigenvalue weighted by Gasteiger charge is 2.53. The first-order chi connectivity index (χ1) is 15.4. The Morgan fingerprint density at radius 1 is 1.09 bits per heavy atom. The van der Waals surface area contributed by atoms with Gasteiger partial charge in [-0.05, 0) is 54.7 Å². The van der Waals surface area contributed by atoms with Crippen molar-refractivity contribution in [3.05, 3.63) is 69.7 Å². The van der Waals surface area contributed by atoms with Gasteiger partial charge in [-0.2, -0.15) is 0 Å². The second-order valence-corrected chi connectivity index (χ2v) is 10.6. The zero-order valence-electron chi connectivity index (χ0n) is 19.3. The SMILES string of the molecule is CC(C)[C@@H]([C@H](C)O)N1C(=O)[C@@](C)(CC(=O)O)CC(c2cccc(Cl)c2)[C@H]1c1ccc(Cl)cc1. The van der Waals surface area contributed by atoms with Crippen LogP contribution in [-0.4, -0.2) is 39.1 Å². The van der Waals surface area contributed by atoms with Crippen LogP contribution in [0.2, 0.25) is 10.0 Å². The molecule has 0 aromatic heterocycles. The fourth-order valence-corrected chi connectivity index (χ4v) is 5.64. The van der Waals surface area contributed by atoms with Crippen molar-refractivity contribution in [1.82, 2.24) is 4.90 Å². The number of hydrogen-bond donors (Lipinski definition) is 2. The zero-order valence-corrected chi connectivity index (χ0v) is 20.8. The van der Waals surface area contributed by atoms with Crippen molar-refractivity contribution in [2.75, 3.05) is 0 Å². The van der Waals surface area contributed by atoms with E-state index in [0.29, 0.717) is 16.5 Å². The van der Waals surface area contributed by atoms with E-state index in [-0.39, 0.29) is 24.2 Å². The minimum absolute atomic E-state index is 0.0593. The summed E-state index contributed by atoms with van der Waals surface area (Å²) in [6.07, 6.45) is -0.763. The summed E-state index contributed by atoms with van der Waals surface area (Å²) < 4.78 is 0. The molecule has 1 saturated heterocycles. The monoisotopic (exact) mass is 491 g/mol. The Labute approximate surface area is 205 Å². The minimum atomic E-state index is -1.14. The average Bonchev–Trinajstić information content (AvgIpc) is 2.71. The average molecular weight is 492 g/mol. The summed E-state index contributed by atoms with van der Waals surface area (Å²) in [6.45, 7) is 7.31. The molecule has 0 radical (unpaired) electrons. The number of piperidine rings is 1. The molecule has 2 N–H and O–H groups in total. The van der Waals surface area contributed by atoms with Gasteiger partial charge < -0.3 is 15.1 Å². The van der Waals surface area contributed by atoms with Crippen molar-refractivity contribution >= 4 is 35.1 Å². The van der Waals surface area contributed by atoms with Crippen molar-refractivity contribution < 1.29 is 19.8 Å². The maximum atomic E-state index is 14.0. The summed E-state index contributed by atoms with van der Waals surface area (Å²) in [5.41, 5.74) is 0.662. The fourth-order valence-electron chi connectivity index (χ4n) is 5.32. The van der Waals surface area contributed by atoms with E-state index in [2.05, 4.69) is 0 Å². The van der Waals surface area contributed by atoms with Crippen molar-refractivity contribution in [1.29, 1.82) is 0 Å². The quantitative estimate of drug-likeness (QED) is 0.502. The van der Waals surface area contributed by atoms with Gasteiger partial charge in [0.2, 0.25) is 5.91 Å². The molecule has 0 spiro atoms. The van der Waals surface area contributed by atoms with E-state index in [0.717, 1.165) is 11.1 Å². The molecule has 0 bridgehead atoms. The number of amides is 1. The first-order valence-corrected chi connectivity index (χ1v) is 11.9. The standard InChI is InChI=1S/C26H31Cl2NO4/c1-15(2)23(16(3)30)29-24(17-8-10-19(27)11-9-17)21(18-6-5-7-20(28)12-18)13-26(4,25(29)33)14-22(31)32/h5-12,15-16,21,23-24,30H,13-14H2,1-4H3,(H,31,32)/t16-,21?,23-,24+,26+/m0/s1. The van der Waals surface area contributed by atoms with Gasteiger partial charge in [0.15, 0.2) is 0 Å². The molecule has 1 fully saturated rings. The van der Waals surface area contributed by atoms with Crippen LogP contribution in [0, 0.1) is 11.3 Å². The number of likely N-dealkylation sites (tertiary alicyclic amines) is 1. The lowest BCUT2D eigenvalue weighted by Crippen LogP contribution is -2.59. The van der Waals surface area contributed by atoms with Gasteiger partial charge in [0.1, 0.15) is 0 Å². The molecule has 178 valence electrons. The van der Waals surface area contributed by atoms with Crippen LogP contribution in [0.5, 0.6) is 0 Å². The normalized spacial score (nSPS) is 25.2. The van der Waals surface area contributed by atoms with Gasteiger partial charge in [-0.25, -0.2) is 0 Å². The smallest absolute Gasteiger partial charge is 0.304 e. The number of carboxylic acids is 1. The highest BCUT2D eigenvalue weighted by molar-refractivity contribution is 6.30. The molecule has 1 aliphatic rings. The number of rotatable bonds is 7. The van der Waals surface area contributed by atoms with Crippen LogP contribution >= 0.6 is 23.2 Å². The minimum Gasteiger partial charge on any atom is -0.481 e. The van der Waals surface area contributed by atoms with Crippen LogP contribution in [0.3, 0.4) is 0 Å². The van der Waals surface area contributed by atoms with Crippen LogP contribution in [0.4, 0.5) is 0 Å². The van der Waals surface area contributed by atoms with E-state index in [9.17, 15) is 19.8 Å². The lowest BCUT2D eigenvalue weighted by Gasteiger charge is -2.53. The third-order valence-electron chi connectivity index (χ3n) is 6.63. The number of halogens is 2. The number of aliphatic carboxylic acids is 1. The number of carbonyl (C=O) groups is 2. The van der Waals surface area contributed by atoms with E-state index in [1.54, 1.807) is 36.9 Å². The number of carboxylic acid groups (broad SMARTS) is 1. The Bertz CT molecular complexity index is 1000. The van der Waals surface area contributed by atoms with Gasteiger partial charge in [-0.1, -0.05) is 68.2 Å². The van der Waals surface area contributed by atoms with Crippen molar-refractivity contribution in [2.45, 2.75) is 64.6 Å². The first-order valence-electron chi connectivity index (χ1n) is 11.2. The summed E-state index contributed by atoms with van der Waals surface area (Å²) in [6, 6.07) is 13.9. The molecule has 1 unspecified atom stereocenters. The third-order valence-corrected chi connectivity index (χ3v) is 7.12. The van der Waals surface area contributed by atoms with Gasteiger partial charge in [0.05, 0.1) is 30.0 Å². The zero-order chi connectivity index (χ0) is 24.5. The summed E-state index contributed by atoms with van der Waals surface area (Å²) in [5, 5.41) is 21.6. The van der Waals surface area contributed by atoms with E-state index >= 15 is 0 Å². The largest absolute Gasteiger partial charge is 0.481 e. The Morgan fingerprint density at radius 2 is 1.73 bits per heavy atom. The van der Waals surface area contributed by atoms with Crippen molar-refractivity contribution in [3.8, 4) is 0 Å². The molecule has 7 heteroatoms. The van der Waals surface area contributed by atoms with Gasteiger partial charge in [0.25, 0.3) is 0 Å². The molecular weight excluding hydrogens is 461 g/mol. The van der Waals surface area contributed by atoms with Crippen LogP contribution < -0.4 is 0 Å². The number of nitrogens with zero attached hydrogens (tertiary/aromatic N) is 1. The molecule has 1 aliphatic heterocycles. The number of benzene rings is 2. The maximum Gasteiger partial charge on any atom is 0.304 e. The molecule has 2 aromatic carbocycles. The van der Waals surface area contributed by atoms with Gasteiger partial charge in [-0.15, -0.1) is 0 Å². The van der Waals surface area contributed by atoms with E-state index < -0.39 is 29.6 Å². The lowest BCUT2D eigenvalue weighted by atomic mass is 9.66. The molecule has 5 nitrogen and oxygen atoms in total. The molecular formula is C26H31Cl2NO4. The van der Waals surface area contributed by atoms with E-state index in [4.69, 9.17) is 23.2 Å². The van der Waals surface area contributed by atoms with Crippen LogP contribution in [0.15, 0.2) is 48.5 Å². The topological polar surface area (TPSA) is 77.8 Å². The lowest BCUT2D eigenvalue weighted by molar-refractivity contribution is -0.165. The second-order valence-electron chi connectivity index (χ2n) is 9.68. The Hall–Kier alpha value is -2.08. The number of hydrogen-bond acceptors (Lipinski definition) is 3. The van der Waals surface area contributed by atoms with Gasteiger partial charge in [-0.3, -0.25) is 9.59 Å². The highest BCUT2D eigenvalue weighted by Crippen LogP contribution is 2.52. The summed E-state index contributed by atoms with van der Waals surface area (Å²) in [5.74, 6) is -1.58. The van der Waals surface area contributed by atoms with Gasteiger partial charge >= 0.3 is 5.97 Å². The van der Waals surface area contributed by atoms with E-state index in [1.165, 1.54) is 0 Å². The highest BCUT2D eigenvalue weighted by atomic mass is 35.5. The predicted octanol–water partition coefficient (Wildman–Crippen LogP) is 5.94. The molecule has 2 aromatic rings. The summed E-state index contributed by atoms with van der Waals surface area (Å²) >= 11 is 12.5. The van der Waals surface area contributed by atoms with Crippen LogP contribution in [-0.2, 0) is 9.59 Å². The Morgan fingerprint density at radius 3 is 2.24 bits per heavy atom. The number of aliphatic hydroxyl groups is 1. The van der Waals surface area contributed by atoms with Crippen molar-refractivity contribution in [2.24, 2.45) is 11.3 Å². The number of carbonyl (C=O) groups excluding carboxylic acids is 1. The summed E-state index contributed by atoms with van der Waals surface area (Å²) in [7, 11) is 0. The molecule has 1 amide bonds. The molecule has 5 atom stereocenters. The predicted molar refractivity (Wildman–Crippen MR) is 131 cm³/mol. The molecule has 0 saturated carbocycles. The maximum absolute atomic E-state index is 14.0. The second kappa shape index (κ2) is 10.0.